The number of amides is 1. The van der Waals surface area contributed by atoms with Crippen molar-refractivity contribution in [1.82, 2.24) is 5.43 Å². The highest BCUT2D eigenvalue weighted by Crippen LogP contribution is 2.22. The number of methoxy groups -OCH3 is 2. The Morgan fingerprint density at radius 2 is 1.88 bits per heavy atom. The van der Waals surface area contributed by atoms with Gasteiger partial charge in [-0.15, -0.1) is 0 Å². The van der Waals surface area contributed by atoms with Crippen LogP contribution in [0.5, 0.6) is 17.2 Å². The highest BCUT2D eigenvalue weighted by molar-refractivity contribution is 5.85. The summed E-state index contributed by atoms with van der Waals surface area (Å²) in [6, 6.07) is 13.7. The van der Waals surface area contributed by atoms with E-state index in [2.05, 4.69) is 10.5 Å². The van der Waals surface area contributed by atoms with Crippen molar-refractivity contribution >= 4 is 12.1 Å². The number of nitrogens with one attached hydrogen (secondary N) is 1. The van der Waals surface area contributed by atoms with Gasteiger partial charge < -0.3 is 14.2 Å². The van der Waals surface area contributed by atoms with E-state index in [1.165, 1.54) is 13.3 Å². The lowest BCUT2D eigenvalue weighted by Gasteiger charge is -2.07. The van der Waals surface area contributed by atoms with E-state index in [1.807, 2.05) is 6.07 Å². The number of carbonyl (C=O) groups is 1. The molecule has 0 heterocycles. The van der Waals surface area contributed by atoms with Gasteiger partial charge in [0.25, 0.3) is 5.91 Å². The van der Waals surface area contributed by atoms with Crippen molar-refractivity contribution in [3.05, 3.63) is 53.6 Å². The van der Waals surface area contributed by atoms with E-state index in [1.54, 1.807) is 49.6 Å². The fourth-order valence-electron chi connectivity index (χ4n) is 1.91. The van der Waals surface area contributed by atoms with Gasteiger partial charge in [-0.25, -0.2) is 5.43 Å². The SMILES string of the molecule is COc1ccc(/C=N\NC(=O)COc2ccc(C#N)cc2)c(OC)c1. The molecule has 0 atom stereocenters. The third kappa shape index (κ3) is 5.25. The van der Waals surface area contributed by atoms with Crippen LogP contribution in [0.2, 0.25) is 0 Å². The summed E-state index contributed by atoms with van der Waals surface area (Å²) in [7, 11) is 3.10. The van der Waals surface area contributed by atoms with Crippen LogP contribution in [0.4, 0.5) is 0 Å². The molecule has 0 saturated carbocycles. The molecule has 2 aromatic rings. The van der Waals surface area contributed by atoms with Crippen LogP contribution >= 0.6 is 0 Å². The molecule has 0 aliphatic heterocycles. The average molecular weight is 339 g/mol. The Kier molecular flexibility index (Phi) is 6.37. The molecular formula is C18H17N3O4. The first-order valence-corrected chi connectivity index (χ1v) is 7.33. The molecule has 2 rings (SSSR count). The maximum Gasteiger partial charge on any atom is 0.277 e. The van der Waals surface area contributed by atoms with Crippen molar-refractivity contribution in [3.8, 4) is 23.3 Å². The number of hydrogen-bond acceptors (Lipinski definition) is 6. The smallest absolute Gasteiger partial charge is 0.277 e. The van der Waals surface area contributed by atoms with Crippen LogP contribution in [0.15, 0.2) is 47.6 Å². The van der Waals surface area contributed by atoms with Crippen molar-refractivity contribution in [2.24, 2.45) is 5.10 Å². The number of benzene rings is 2. The largest absolute Gasteiger partial charge is 0.497 e. The zero-order valence-electron chi connectivity index (χ0n) is 13.9. The summed E-state index contributed by atoms with van der Waals surface area (Å²) in [5.74, 6) is 1.32. The summed E-state index contributed by atoms with van der Waals surface area (Å²) >= 11 is 0. The van der Waals surface area contributed by atoms with Crippen molar-refractivity contribution in [1.29, 1.82) is 5.26 Å². The second-order valence-corrected chi connectivity index (χ2v) is 4.83. The van der Waals surface area contributed by atoms with E-state index in [9.17, 15) is 4.79 Å². The fourth-order valence-corrected chi connectivity index (χ4v) is 1.91. The molecule has 0 aliphatic rings. The molecule has 0 unspecified atom stereocenters. The molecule has 7 heteroatoms. The molecule has 0 aromatic heterocycles. The van der Waals surface area contributed by atoms with E-state index < -0.39 is 5.91 Å². The summed E-state index contributed by atoms with van der Waals surface area (Å²) < 4.78 is 15.7. The van der Waals surface area contributed by atoms with E-state index in [4.69, 9.17) is 19.5 Å². The molecule has 0 fully saturated rings. The molecular weight excluding hydrogens is 322 g/mol. The van der Waals surface area contributed by atoms with Gasteiger partial charge in [-0.2, -0.15) is 10.4 Å². The van der Waals surface area contributed by atoms with Crippen LogP contribution in [-0.4, -0.2) is 32.9 Å². The maximum absolute atomic E-state index is 11.7. The molecule has 0 radical (unpaired) electrons. The number of nitrogens with zero attached hydrogens (tertiary/aromatic N) is 2. The molecule has 128 valence electrons. The normalized spacial score (nSPS) is 10.1. The standard InChI is InChI=1S/C18H17N3O4/c1-23-16-8-5-14(17(9-16)24-2)11-20-21-18(22)12-25-15-6-3-13(10-19)4-7-15/h3-9,11H,12H2,1-2H3,(H,21,22)/b20-11-. The highest BCUT2D eigenvalue weighted by Gasteiger charge is 2.04. The van der Waals surface area contributed by atoms with Gasteiger partial charge in [0.1, 0.15) is 17.2 Å². The molecule has 0 saturated heterocycles. The van der Waals surface area contributed by atoms with Crippen molar-refractivity contribution in [2.75, 3.05) is 20.8 Å². The minimum atomic E-state index is -0.409. The first-order chi connectivity index (χ1) is 12.2. The van der Waals surface area contributed by atoms with E-state index in [0.29, 0.717) is 28.4 Å². The Hall–Kier alpha value is -3.53. The predicted octanol–water partition coefficient (Wildman–Crippen LogP) is 2.10. The number of hydrogen-bond donors (Lipinski definition) is 1. The maximum atomic E-state index is 11.7. The third-order valence-electron chi connectivity index (χ3n) is 3.19. The zero-order chi connectivity index (χ0) is 18.1. The van der Waals surface area contributed by atoms with Gasteiger partial charge in [-0.1, -0.05) is 0 Å². The topological polar surface area (TPSA) is 92.9 Å². The minimum absolute atomic E-state index is 0.191. The number of ether oxygens (including phenoxy) is 3. The Balaban J connectivity index is 1.86. The van der Waals surface area contributed by atoms with Gasteiger partial charge in [0.2, 0.25) is 0 Å². The van der Waals surface area contributed by atoms with Crippen LogP contribution in [0, 0.1) is 11.3 Å². The minimum Gasteiger partial charge on any atom is -0.497 e. The summed E-state index contributed by atoms with van der Waals surface area (Å²) in [5, 5.41) is 12.6. The predicted molar refractivity (Wildman–Crippen MR) is 91.9 cm³/mol. The lowest BCUT2D eigenvalue weighted by molar-refractivity contribution is -0.123. The van der Waals surface area contributed by atoms with Crippen molar-refractivity contribution in [2.45, 2.75) is 0 Å². The summed E-state index contributed by atoms with van der Waals surface area (Å²) in [5.41, 5.74) is 3.58. The Morgan fingerprint density at radius 3 is 2.52 bits per heavy atom. The van der Waals surface area contributed by atoms with Gasteiger partial charge in [0, 0.05) is 11.6 Å². The summed E-state index contributed by atoms with van der Waals surface area (Å²) in [4.78, 5) is 11.7. The van der Waals surface area contributed by atoms with Crippen LogP contribution in [0.3, 0.4) is 0 Å². The molecule has 25 heavy (non-hydrogen) atoms. The van der Waals surface area contributed by atoms with Crippen LogP contribution in [0.25, 0.3) is 0 Å². The molecule has 2 aromatic carbocycles. The molecule has 0 aliphatic carbocycles. The summed E-state index contributed by atoms with van der Waals surface area (Å²) in [6.45, 7) is -0.191. The fraction of sp³-hybridized carbons (Fsp3) is 0.167. The van der Waals surface area contributed by atoms with Crippen LogP contribution < -0.4 is 19.6 Å². The Morgan fingerprint density at radius 1 is 1.16 bits per heavy atom. The number of carbonyl (C=O) groups excluding carboxylic acids is 1. The van der Waals surface area contributed by atoms with Crippen LogP contribution in [-0.2, 0) is 4.79 Å². The third-order valence-corrected chi connectivity index (χ3v) is 3.19. The lowest BCUT2D eigenvalue weighted by Crippen LogP contribution is -2.24. The Bertz CT molecular complexity index is 795. The van der Waals surface area contributed by atoms with E-state index >= 15 is 0 Å². The second-order valence-electron chi connectivity index (χ2n) is 4.83. The van der Waals surface area contributed by atoms with Crippen molar-refractivity contribution < 1.29 is 19.0 Å². The van der Waals surface area contributed by atoms with Gasteiger partial charge in [0.05, 0.1) is 32.1 Å². The monoisotopic (exact) mass is 339 g/mol. The van der Waals surface area contributed by atoms with Gasteiger partial charge in [0.15, 0.2) is 6.61 Å². The van der Waals surface area contributed by atoms with Gasteiger partial charge >= 0.3 is 0 Å². The molecule has 0 bridgehead atoms. The average Bonchev–Trinajstić information content (AvgIpc) is 2.66. The van der Waals surface area contributed by atoms with Gasteiger partial charge in [-0.05, 0) is 36.4 Å². The number of hydrazone groups is 1. The molecule has 0 spiro atoms. The van der Waals surface area contributed by atoms with Crippen LogP contribution in [0.1, 0.15) is 11.1 Å². The quantitative estimate of drug-likeness (QED) is 0.616. The second kappa shape index (κ2) is 8.93. The molecule has 7 nitrogen and oxygen atoms in total. The number of rotatable bonds is 7. The zero-order valence-corrected chi connectivity index (χ0v) is 13.9. The number of nitriles is 1. The molecule has 1 amide bonds. The molecule has 1 N–H and O–H groups in total. The Labute approximate surface area is 145 Å². The highest BCUT2D eigenvalue weighted by atomic mass is 16.5. The lowest BCUT2D eigenvalue weighted by atomic mass is 10.2. The first kappa shape index (κ1) is 17.8. The van der Waals surface area contributed by atoms with E-state index in [0.717, 1.165) is 0 Å². The van der Waals surface area contributed by atoms with E-state index in [-0.39, 0.29) is 6.61 Å². The first-order valence-electron chi connectivity index (χ1n) is 7.33. The summed E-state index contributed by atoms with van der Waals surface area (Å²) in [6.07, 6.45) is 1.47. The van der Waals surface area contributed by atoms with Gasteiger partial charge in [-0.3, -0.25) is 4.79 Å². The van der Waals surface area contributed by atoms with Crippen molar-refractivity contribution in [3.63, 3.8) is 0 Å².